The lowest BCUT2D eigenvalue weighted by molar-refractivity contribution is -0.136. The summed E-state index contributed by atoms with van der Waals surface area (Å²) in [6.07, 6.45) is -0.161. The number of aryl methyl sites for hydroxylation is 1. The van der Waals surface area contributed by atoms with Crippen molar-refractivity contribution in [1.29, 1.82) is 0 Å². The molecule has 0 aliphatic carbocycles. The smallest absolute Gasteiger partial charge is 0.481 e. The number of rotatable bonds is 3. The lowest BCUT2D eigenvalue weighted by atomic mass is 9.80. The summed E-state index contributed by atoms with van der Waals surface area (Å²) in [6, 6.07) is 1.59. The van der Waals surface area contributed by atoms with Gasteiger partial charge in [0.25, 0.3) is 0 Å². The molecule has 0 aromatic carbocycles. The number of carboxylic acid groups (broad SMARTS) is 1. The lowest BCUT2D eigenvalue weighted by Crippen LogP contribution is -2.31. The molecule has 0 radical (unpaired) electrons. The van der Waals surface area contributed by atoms with Crippen LogP contribution < -0.4 is 5.46 Å². The fraction of sp³-hybridized carbons (Fsp3) is 0.286. The molecule has 1 rings (SSSR count). The Labute approximate surface area is 79.6 Å². The quantitative estimate of drug-likeness (QED) is 0.567. The summed E-state index contributed by atoms with van der Waals surface area (Å²) >= 11 is 1.27. The fourth-order valence-corrected chi connectivity index (χ4v) is 2.13. The minimum atomic E-state index is -1.58. The number of carboxylic acids is 1. The molecule has 1 heterocycles. The first kappa shape index (κ1) is 10.2. The molecule has 3 N–H and O–H groups in total. The van der Waals surface area contributed by atoms with Gasteiger partial charge in [0.2, 0.25) is 0 Å². The summed E-state index contributed by atoms with van der Waals surface area (Å²) in [5, 5.41) is 26.3. The SMILES string of the molecule is Cc1cc(B(O)O)c(CC(=O)O)s1. The summed E-state index contributed by atoms with van der Waals surface area (Å²) in [4.78, 5) is 11.8. The van der Waals surface area contributed by atoms with Gasteiger partial charge in [0, 0.05) is 9.75 Å². The van der Waals surface area contributed by atoms with E-state index in [0.717, 1.165) is 4.88 Å². The van der Waals surface area contributed by atoms with E-state index in [1.165, 1.54) is 11.3 Å². The van der Waals surface area contributed by atoms with Gasteiger partial charge in [0.05, 0.1) is 6.42 Å². The van der Waals surface area contributed by atoms with Gasteiger partial charge in [-0.3, -0.25) is 4.79 Å². The van der Waals surface area contributed by atoms with Crippen molar-refractivity contribution in [3.05, 3.63) is 15.8 Å². The molecule has 0 aliphatic heterocycles. The maximum atomic E-state index is 10.4. The molecule has 1 aromatic heterocycles. The number of thiophene rings is 1. The molecule has 0 saturated carbocycles. The number of hydrogen-bond acceptors (Lipinski definition) is 4. The van der Waals surface area contributed by atoms with E-state index in [4.69, 9.17) is 15.2 Å². The maximum absolute atomic E-state index is 10.4. The molecule has 0 spiro atoms. The molecule has 0 bridgehead atoms. The van der Waals surface area contributed by atoms with E-state index >= 15 is 0 Å². The second-order valence-corrected chi connectivity index (χ2v) is 4.02. The van der Waals surface area contributed by atoms with Crippen molar-refractivity contribution in [1.82, 2.24) is 0 Å². The van der Waals surface area contributed by atoms with Crippen LogP contribution >= 0.6 is 11.3 Å². The van der Waals surface area contributed by atoms with Crippen LogP contribution in [0.4, 0.5) is 0 Å². The van der Waals surface area contributed by atoms with E-state index in [1.54, 1.807) is 13.0 Å². The van der Waals surface area contributed by atoms with E-state index in [0.29, 0.717) is 10.3 Å². The highest BCUT2D eigenvalue weighted by atomic mass is 32.1. The van der Waals surface area contributed by atoms with Crippen LogP contribution in [0.15, 0.2) is 6.07 Å². The summed E-state index contributed by atoms with van der Waals surface area (Å²) < 4.78 is 0. The second-order valence-electron chi connectivity index (χ2n) is 2.68. The normalized spacial score (nSPS) is 10.1. The summed E-state index contributed by atoms with van der Waals surface area (Å²) in [5.41, 5.74) is 0.296. The molecule has 0 atom stereocenters. The monoisotopic (exact) mass is 200 g/mol. The topological polar surface area (TPSA) is 77.8 Å². The highest BCUT2D eigenvalue weighted by Gasteiger charge is 2.19. The fourth-order valence-electron chi connectivity index (χ4n) is 1.08. The van der Waals surface area contributed by atoms with Gasteiger partial charge in [-0.25, -0.2) is 0 Å². The Morgan fingerprint density at radius 3 is 2.69 bits per heavy atom. The van der Waals surface area contributed by atoms with Crippen LogP contribution in [0.5, 0.6) is 0 Å². The van der Waals surface area contributed by atoms with Gasteiger partial charge in [-0.05, 0) is 18.5 Å². The predicted octanol–water partition coefficient (Wildman–Crippen LogP) is -0.637. The van der Waals surface area contributed by atoms with Crippen molar-refractivity contribution in [2.75, 3.05) is 0 Å². The molecule has 0 fully saturated rings. The summed E-state index contributed by atoms with van der Waals surface area (Å²) in [6.45, 7) is 1.79. The van der Waals surface area contributed by atoms with Crippen LogP contribution in [-0.4, -0.2) is 28.2 Å². The molecule has 6 heteroatoms. The molecular formula is C7H9BO4S. The van der Waals surface area contributed by atoms with Crippen molar-refractivity contribution >= 4 is 29.9 Å². The zero-order valence-corrected chi connectivity index (χ0v) is 7.84. The van der Waals surface area contributed by atoms with Crippen LogP contribution in [0.25, 0.3) is 0 Å². The largest absolute Gasteiger partial charge is 0.489 e. The number of hydrogen-bond donors (Lipinski definition) is 3. The molecule has 70 valence electrons. The molecule has 4 nitrogen and oxygen atoms in total. The van der Waals surface area contributed by atoms with Gasteiger partial charge < -0.3 is 15.2 Å². The highest BCUT2D eigenvalue weighted by molar-refractivity contribution is 7.13. The van der Waals surface area contributed by atoms with Gasteiger partial charge in [-0.2, -0.15) is 0 Å². The van der Waals surface area contributed by atoms with Crippen molar-refractivity contribution in [3.63, 3.8) is 0 Å². The van der Waals surface area contributed by atoms with Crippen LogP contribution in [0.1, 0.15) is 9.75 Å². The van der Waals surface area contributed by atoms with Gasteiger partial charge in [-0.15, -0.1) is 11.3 Å². The summed E-state index contributed by atoms with van der Waals surface area (Å²) in [7, 11) is -1.58. The molecule has 1 aromatic rings. The van der Waals surface area contributed by atoms with Crippen molar-refractivity contribution in [3.8, 4) is 0 Å². The van der Waals surface area contributed by atoms with Gasteiger partial charge in [0.15, 0.2) is 0 Å². The minimum absolute atomic E-state index is 0.161. The first-order chi connectivity index (χ1) is 6.00. The molecule has 0 unspecified atom stereocenters. The standard InChI is InChI=1S/C7H9BO4S/c1-4-2-5(8(11)12)6(13-4)3-7(9)10/h2,11-12H,3H2,1H3,(H,9,10). The first-order valence-electron chi connectivity index (χ1n) is 3.68. The van der Waals surface area contributed by atoms with Crippen molar-refractivity contribution in [2.45, 2.75) is 13.3 Å². The van der Waals surface area contributed by atoms with Gasteiger partial charge in [-0.1, -0.05) is 0 Å². The second kappa shape index (κ2) is 3.91. The zero-order valence-electron chi connectivity index (χ0n) is 7.02. The van der Waals surface area contributed by atoms with E-state index < -0.39 is 13.1 Å². The number of carbonyl (C=O) groups is 1. The number of aliphatic carboxylic acids is 1. The Bertz CT molecular complexity index is 320. The average molecular weight is 200 g/mol. The Hall–Kier alpha value is -0.845. The molecule has 0 aliphatic rings. The van der Waals surface area contributed by atoms with Crippen LogP contribution in [0.2, 0.25) is 0 Å². The molecule has 13 heavy (non-hydrogen) atoms. The first-order valence-corrected chi connectivity index (χ1v) is 4.49. The maximum Gasteiger partial charge on any atom is 0.489 e. The third-order valence-corrected chi connectivity index (χ3v) is 2.62. The third kappa shape index (κ3) is 2.55. The zero-order chi connectivity index (χ0) is 10.0. The Morgan fingerprint density at radius 2 is 2.23 bits per heavy atom. The Morgan fingerprint density at radius 1 is 1.62 bits per heavy atom. The van der Waals surface area contributed by atoms with Gasteiger partial charge >= 0.3 is 13.1 Å². The Kier molecular flexibility index (Phi) is 3.08. The van der Waals surface area contributed by atoms with Crippen LogP contribution in [0.3, 0.4) is 0 Å². The molecule has 0 amide bonds. The van der Waals surface area contributed by atoms with Crippen molar-refractivity contribution < 1.29 is 19.9 Å². The lowest BCUT2D eigenvalue weighted by Gasteiger charge is -1.97. The third-order valence-electron chi connectivity index (χ3n) is 1.55. The van der Waals surface area contributed by atoms with E-state index in [9.17, 15) is 4.79 Å². The van der Waals surface area contributed by atoms with E-state index in [2.05, 4.69) is 0 Å². The van der Waals surface area contributed by atoms with Crippen molar-refractivity contribution in [2.24, 2.45) is 0 Å². The molecule has 0 saturated heterocycles. The van der Waals surface area contributed by atoms with Gasteiger partial charge in [0.1, 0.15) is 0 Å². The predicted molar refractivity (Wildman–Crippen MR) is 50.2 cm³/mol. The average Bonchev–Trinajstić information content (AvgIpc) is 2.29. The van der Waals surface area contributed by atoms with E-state index in [-0.39, 0.29) is 6.42 Å². The minimum Gasteiger partial charge on any atom is -0.481 e. The highest BCUT2D eigenvalue weighted by Crippen LogP contribution is 2.14. The molecular weight excluding hydrogens is 191 g/mol. The Balaban J connectivity index is 2.97. The van der Waals surface area contributed by atoms with E-state index in [1.807, 2.05) is 0 Å². The van der Waals surface area contributed by atoms with Crippen LogP contribution in [-0.2, 0) is 11.2 Å². The summed E-state index contributed by atoms with van der Waals surface area (Å²) in [5.74, 6) is -0.969. The van der Waals surface area contributed by atoms with Crippen LogP contribution in [0, 0.1) is 6.92 Å².